The molecule has 4 aromatic carbocycles. The summed E-state index contributed by atoms with van der Waals surface area (Å²) in [5, 5.41) is 6.17. The van der Waals surface area contributed by atoms with Crippen LogP contribution in [0.4, 0.5) is 27.1 Å². The van der Waals surface area contributed by atoms with E-state index in [4.69, 9.17) is 4.74 Å². The number of carbonyl (C=O) groups is 2. The van der Waals surface area contributed by atoms with E-state index in [9.17, 15) is 14.0 Å². The van der Waals surface area contributed by atoms with E-state index in [1.807, 2.05) is 48.5 Å². The molecule has 5 rings (SSSR count). The van der Waals surface area contributed by atoms with E-state index in [0.717, 1.165) is 22.6 Å². The van der Waals surface area contributed by atoms with Gasteiger partial charge in [0.25, 0.3) is 11.8 Å². The second-order valence-electron chi connectivity index (χ2n) is 8.47. The van der Waals surface area contributed by atoms with E-state index in [-0.39, 0.29) is 11.5 Å². The predicted octanol–water partition coefficient (Wildman–Crippen LogP) is 6.30. The molecule has 0 atom stereocenters. The highest BCUT2D eigenvalue weighted by atomic mass is 19.1. The third kappa shape index (κ3) is 4.27. The highest BCUT2D eigenvalue weighted by molar-refractivity contribution is 6.14. The van der Waals surface area contributed by atoms with Crippen LogP contribution < -0.4 is 20.3 Å². The first-order valence-corrected chi connectivity index (χ1v) is 11.5. The molecule has 36 heavy (non-hydrogen) atoms. The number of amides is 2. The summed E-state index contributed by atoms with van der Waals surface area (Å²) in [7, 11) is 1.47. The van der Waals surface area contributed by atoms with Crippen molar-refractivity contribution in [3.05, 3.63) is 113 Å². The molecular weight excluding hydrogens is 457 g/mol. The highest BCUT2D eigenvalue weighted by Gasteiger charge is 2.27. The predicted molar refractivity (Wildman–Crippen MR) is 139 cm³/mol. The molecule has 0 unspecified atom stereocenters. The largest absolute Gasteiger partial charge is 0.495 e. The fraction of sp³-hybridized carbons (Fsp3) is 0.103. The van der Waals surface area contributed by atoms with Crippen molar-refractivity contribution in [1.82, 2.24) is 0 Å². The lowest BCUT2D eigenvalue weighted by Crippen LogP contribution is -2.26. The van der Waals surface area contributed by atoms with Crippen LogP contribution in [0.3, 0.4) is 0 Å². The van der Waals surface area contributed by atoms with Crippen LogP contribution in [0.2, 0.25) is 0 Å². The number of hydrogen-bond acceptors (Lipinski definition) is 4. The lowest BCUT2D eigenvalue weighted by molar-refractivity contribution is 0.0997. The number of anilines is 4. The molecule has 0 spiro atoms. The van der Waals surface area contributed by atoms with Crippen molar-refractivity contribution in [2.24, 2.45) is 0 Å². The van der Waals surface area contributed by atoms with Gasteiger partial charge in [-0.25, -0.2) is 4.39 Å². The van der Waals surface area contributed by atoms with E-state index in [2.05, 4.69) is 10.6 Å². The Morgan fingerprint density at radius 1 is 0.944 bits per heavy atom. The summed E-state index contributed by atoms with van der Waals surface area (Å²) in [6.45, 7) is 2.32. The van der Waals surface area contributed by atoms with Gasteiger partial charge in [-0.2, -0.15) is 0 Å². The number of hydrogen-bond donors (Lipinski definition) is 2. The Hall–Kier alpha value is -4.65. The van der Waals surface area contributed by atoms with E-state index in [1.165, 1.54) is 19.2 Å². The summed E-state index contributed by atoms with van der Waals surface area (Å²) in [6, 6.07) is 24.3. The number of para-hydroxylation sites is 3. The SMILES string of the molecule is COc1cc(C(=O)N2c3ccccc3CNc3ccccc32)ccc1NC(=O)c1cc(F)ccc1C. The summed E-state index contributed by atoms with van der Waals surface area (Å²) >= 11 is 0. The third-order valence-electron chi connectivity index (χ3n) is 6.19. The summed E-state index contributed by atoms with van der Waals surface area (Å²) in [6.07, 6.45) is 0. The maximum absolute atomic E-state index is 13.9. The highest BCUT2D eigenvalue weighted by Crippen LogP contribution is 2.39. The minimum Gasteiger partial charge on any atom is -0.495 e. The van der Waals surface area contributed by atoms with Crippen LogP contribution in [0.1, 0.15) is 31.8 Å². The third-order valence-corrected chi connectivity index (χ3v) is 6.19. The van der Waals surface area contributed by atoms with Crippen molar-refractivity contribution < 1.29 is 18.7 Å². The first kappa shape index (κ1) is 23.1. The van der Waals surface area contributed by atoms with Gasteiger partial charge < -0.3 is 15.4 Å². The average molecular weight is 482 g/mol. The van der Waals surface area contributed by atoms with Crippen molar-refractivity contribution in [2.75, 3.05) is 22.6 Å². The van der Waals surface area contributed by atoms with Gasteiger partial charge in [-0.05, 0) is 66.6 Å². The van der Waals surface area contributed by atoms with Gasteiger partial charge in [0.2, 0.25) is 0 Å². The molecule has 0 saturated carbocycles. The fourth-order valence-corrected chi connectivity index (χ4v) is 4.32. The number of fused-ring (bicyclic) bond motifs is 2. The van der Waals surface area contributed by atoms with Crippen LogP contribution >= 0.6 is 0 Å². The molecule has 2 N–H and O–H groups in total. The Kier molecular flexibility index (Phi) is 6.12. The van der Waals surface area contributed by atoms with Crippen LogP contribution in [-0.2, 0) is 6.54 Å². The van der Waals surface area contributed by atoms with Crippen LogP contribution in [-0.4, -0.2) is 18.9 Å². The van der Waals surface area contributed by atoms with Gasteiger partial charge >= 0.3 is 0 Å². The van der Waals surface area contributed by atoms with Crippen molar-refractivity contribution in [1.29, 1.82) is 0 Å². The fourth-order valence-electron chi connectivity index (χ4n) is 4.32. The number of halogens is 1. The van der Waals surface area contributed by atoms with Gasteiger partial charge in [0, 0.05) is 17.7 Å². The van der Waals surface area contributed by atoms with Gasteiger partial charge in [-0.3, -0.25) is 14.5 Å². The first-order valence-electron chi connectivity index (χ1n) is 11.5. The molecule has 6 nitrogen and oxygen atoms in total. The van der Waals surface area contributed by atoms with Crippen molar-refractivity contribution in [3.63, 3.8) is 0 Å². The van der Waals surface area contributed by atoms with Gasteiger partial charge in [-0.15, -0.1) is 0 Å². The minimum absolute atomic E-state index is 0.225. The number of nitrogens with one attached hydrogen (secondary N) is 2. The molecule has 0 saturated heterocycles. The molecule has 1 heterocycles. The standard InChI is InChI=1S/C29H24FN3O3/c1-18-11-13-21(30)16-22(18)28(34)32-24-14-12-19(15-27(24)36-2)29(35)33-25-9-5-3-7-20(25)17-31-23-8-4-6-10-26(23)33/h3-16,31H,17H2,1-2H3,(H,32,34). The molecule has 4 aromatic rings. The van der Waals surface area contributed by atoms with Gasteiger partial charge in [-0.1, -0.05) is 36.4 Å². The normalized spacial score (nSPS) is 12.0. The number of rotatable bonds is 4. The summed E-state index contributed by atoms with van der Waals surface area (Å²) in [5.41, 5.74) is 5.00. The minimum atomic E-state index is -0.494. The van der Waals surface area contributed by atoms with Crippen LogP contribution in [0.15, 0.2) is 84.9 Å². The number of carbonyl (C=O) groups excluding carboxylic acids is 2. The molecule has 0 fully saturated rings. The zero-order chi connectivity index (χ0) is 25.2. The monoisotopic (exact) mass is 481 g/mol. The molecule has 0 aromatic heterocycles. The zero-order valence-electron chi connectivity index (χ0n) is 19.8. The first-order chi connectivity index (χ1) is 17.5. The number of methoxy groups -OCH3 is 1. The topological polar surface area (TPSA) is 70.7 Å². The molecule has 0 aliphatic carbocycles. The van der Waals surface area contributed by atoms with Crippen LogP contribution in [0.25, 0.3) is 0 Å². The van der Waals surface area contributed by atoms with E-state index in [0.29, 0.717) is 29.1 Å². The second kappa shape index (κ2) is 9.54. The maximum Gasteiger partial charge on any atom is 0.263 e. The number of ether oxygens (including phenoxy) is 1. The van der Waals surface area contributed by atoms with E-state index in [1.54, 1.807) is 36.1 Å². The summed E-state index contributed by atoms with van der Waals surface area (Å²) in [4.78, 5) is 28.4. The van der Waals surface area contributed by atoms with Crippen molar-refractivity contribution >= 4 is 34.6 Å². The summed E-state index contributed by atoms with van der Waals surface area (Å²) in [5.74, 6) is -0.884. The molecule has 1 aliphatic rings. The quantitative estimate of drug-likeness (QED) is 0.359. The zero-order valence-corrected chi connectivity index (χ0v) is 19.8. The molecule has 0 bridgehead atoms. The van der Waals surface area contributed by atoms with E-state index >= 15 is 0 Å². The smallest absolute Gasteiger partial charge is 0.263 e. The number of benzene rings is 4. The van der Waals surface area contributed by atoms with Crippen LogP contribution in [0.5, 0.6) is 5.75 Å². The van der Waals surface area contributed by atoms with Crippen LogP contribution in [0, 0.1) is 12.7 Å². The Balaban J connectivity index is 1.51. The van der Waals surface area contributed by atoms with Gasteiger partial charge in [0.1, 0.15) is 11.6 Å². The maximum atomic E-state index is 13.9. The summed E-state index contributed by atoms with van der Waals surface area (Å²) < 4.78 is 19.2. The molecule has 2 amide bonds. The Morgan fingerprint density at radius 3 is 2.50 bits per heavy atom. The molecule has 1 aliphatic heterocycles. The Morgan fingerprint density at radius 2 is 1.69 bits per heavy atom. The Bertz CT molecular complexity index is 1440. The lowest BCUT2D eigenvalue weighted by atomic mass is 10.1. The van der Waals surface area contributed by atoms with Gasteiger partial charge in [0.15, 0.2) is 0 Å². The molecule has 180 valence electrons. The molecule has 0 radical (unpaired) electrons. The van der Waals surface area contributed by atoms with E-state index < -0.39 is 11.7 Å². The number of nitrogens with zero attached hydrogens (tertiary/aromatic N) is 1. The lowest BCUT2D eigenvalue weighted by Gasteiger charge is -2.25. The average Bonchev–Trinajstić information content (AvgIpc) is 3.06. The molecule has 7 heteroatoms. The molecular formula is C29H24FN3O3. The second-order valence-corrected chi connectivity index (χ2v) is 8.47. The number of aryl methyl sites for hydroxylation is 1. The van der Waals surface area contributed by atoms with Crippen molar-refractivity contribution in [3.8, 4) is 5.75 Å². The van der Waals surface area contributed by atoms with Crippen molar-refractivity contribution in [2.45, 2.75) is 13.5 Å². The Labute approximate surface area is 208 Å². The van der Waals surface area contributed by atoms with Gasteiger partial charge in [0.05, 0.1) is 29.9 Å².